The number of imidazole rings is 1. The van der Waals surface area contributed by atoms with Crippen molar-refractivity contribution in [2.45, 2.75) is 20.2 Å². The van der Waals surface area contributed by atoms with Crippen molar-refractivity contribution >= 4 is 10.9 Å². The Bertz CT molecular complexity index is 1250. The van der Waals surface area contributed by atoms with Crippen molar-refractivity contribution in [2.75, 3.05) is 0 Å². The van der Waals surface area contributed by atoms with Gasteiger partial charge >= 0.3 is 0 Å². The third-order valence-corrected chi connectivity index (χ3v) is 5.21. The summed E-state index contributed by atoms with van der Waals surface area (Å²) in [4.78, 5) is 4.53. The first-order valence-corrected chi connectivity index (χ1v) is 8.44. The van der Waals surface area contributed by atoms with Crippen LogP contribution in [0.5, 0.6) is 0 Å². The lowest BCUT2D eigenvalue weighted by molar-refractivity contribution is -0.633. The predicted octanol–water partition coefficient (Wildman–Crippen LogP) is 4.04. The predicted molar refractivity (Wildman–Crippen MR) is 100.0 cm³/mol. The Kier molecular flexibility index (Phi) is 2.33. The molecule has 5 rings (SSSR count). The van der Waals surface area contributed by atoms with Crippen LogP contribution in [0.4, 0.5) is 0 Å². The third kappa shape index (κ3) is 1.92. The van der Waals surface area contributed by atoms with Crippen LogP contribution in [0.3, 0.4) is 0 Å². The quantitative estimate of drug-likeness (QED) is 0.425. The van der Waals surface area contributed by atoms with Gasteiger partial charge in [0.05, 0.1) is 10.9 Å². The molecule has 0 saturated heterocycles. The van der Waals surface area contributed by atoms with Gasteiger partial charge in [0, 0.05) is 34.6 Å². The van der Waals surface area contributed by atoms with E-state index in [-0.39, 0.29) is 0 Å². The van der Waals surface area contributed by atoms with E-state index in [9.17, 15) is 0 Å². The van der Waals surface area contributed by atoms with Crippen LogP contribution in [-0.4, -0.2) is 9.55 Å². The molecule has 3 heteroatoms. The number of nitrogens with zero attached hydrogens (tertiary/aromatic N) is 3. The minimum Gasteiger partial charge on any atom is -0.297 e. The van der Waals surface area contributed by atoms with E-state index >= 15 is 0 Å². The number of para-hydroxylation sites is 1. The van der Waals surface area contributed by atoms with E-state index in [0.29, 0.717) is 5.56 Å². The van der Waals surface area contributed by atoms with E-state index in [0.717, 1.165) is 40.3 Å². The van der Waals surface area contributed by atoms with Gasteiger partial charge in [-0.3, -0.25) is 4.57 Å². The van der Waals surface area contributed by atoms with Crippen LogP contribution in [0.2, 0.25) is 0 Å². The summed E-state index contributed by atoms with van der Waals surface area (Å²) in [6.45, 7) is -0.121. The lowest BCUT2D eigenvalue weighted by Crippen LogP contribution is -2.34. The molecule has 0 bridgehead atoms. The molecule has 0 atom stereocenters. The Morgan fingerprint density at radius 3 is 2.92 bits per heavy atom. The van der Waals surface area contributed by atoms with Crippen LogP contribution in [0.25, 0.3) is 27.8 Å². The second kappa shape index (κ2) is 5.03. The van der Waals surface area contributed by atoms with E-state index in [4.69, 9.17) is 4.11 Å². The fraction of sp³-hybridized carbons (Fsp3) is 0.182. The van der Waals surface area contributed by atoms with Gasteiger partial charge in [-0.25, -0.2) is 4.98 Å². The smallest absolute Gasteiger partial charge is 0.237 e. The average Bonchev–Trinajstić information content (AvgIpc) is 3.24. The molecular formula is C22H20N3+. The number of aryl methyl sites for hydroxylation is 3. The summed E-state index contributed by atoms with van der Waals surface area (Å²) in [5, 5.41) is 1.23. The highest BCUT2D eigenvalue weighted by atomic mass is 15.1. The third-order valence-electron chi connectivity index (χ3n) is 5.21. The highest BCUT2D eigenvalue weighted by Crippen LogP contribution is 2.38. The molecule has 4 aromatic rings. The van der Waals surface area contributed by atoms with Crippen LogP contribution < -0.4 is 4.57 Å². The van der Waals surface area contributed by atoms with Gasteiger partial charge in [0.2, 0.25) is 11.2 Å². The molecule has 122 valence electrons. The monoisotopic (exact) mass is 329 g/mol. The largest absolute Gasteiger partial charge is 0.297 e. The first-order chi connectivity index (χ1) is 13.4. The van der Waals surface area contributed by atoms with Crippen LogP contribution in [0.15, 0.2) is 54.9 Å². The molecule has 1 aliphatic rings. The molecule has 3 heterocycles. The summed E-state index contributed by atoms with van der Waals surface area (Å²) in [6.07, 6.45) is 4.64. The van der Waals surface area contributed by atoms with Gasteiger partial charge in [-0.2, -0.15) is 4.57 Å². The van der Waals surface area contributed by atoms with E-state index in [1.54, 1.807) is 12.1 Å². The number of pyridine rings is 1. The molecule has 0 N–H and O–H groups in total. The Labute approximate surface area is 151 Å². The number of fused-ring (bicyclic) bond motifs is 5. The minimum atomic E-state index is -2.10. The first-order valence-electron chi connectivity index (χ1n) is 9.94. The van der Waals surface area contributed by atoms with Crippen molar-refractivity contribution < 1.29 is 8.68 Å². The van der Waals surface area contributed by atoms with Gasteiger partial charge in [0.25, 0.3) is 0 Å². The van der Waals surface area contributed by atoms with Crippen molar-refractivity contribution in [1.29, 1.82) is 0 Å². The molecule has 2 aromatic heterocycles. The molecule has 0 spiro atoms. The van der Waals surface area contributed by atoms with E-state index in [1.807, 2.05) is 25.4 Å². The van der Waals surface area contributed by atoms with Crippen molar-refractivity contribution in [2.24, 2.45) is 7.05 Å². The van der Waals surface area contributed by atoms with Crippen LogP contribution in [0.1, 0.15) is 26.6 Å². The molecule has 0 fully saturated rings. The summed E-state index contributed by atoms with van der Waals surface area (Å²) in [5.41, 5.74) is 7.01. The number of aromatic nitrogens is 3. The van der Waals surface area contributed by atoms with Crippen molar-refractivity contribution in [3.05, 3.63) is 77.4 Å². The highest BCUT2D eigenvalue weighted by Gasteiger charge is 2.32. The molecule has 0 unspecified atom stereocenters. The first kappa shape index (κ1) is 11.6. The summed E-state index contributed by atoms with van der Waals surface area (Å²) in [5.74, 6) is 1.03. The van der Waals surface area contributed by atoms with Gasteiger partial charge in [-0.05, 0) is 31.5 Å². The topological polar surface area (TPSA) is 21.7 Å². The van der Waals surface area contributed by atoms with Gasteiger partial charge < -0.3 is 0 Å². The molecule has 0 radical (unpaired) electrons. The maximum absolute atomic E-state index is 7.71. The Balaban J connectivity index is 1.87. The SMILES string of the molecule is [2H]C([2H])([2H])c1ccc(-c2c3c(c4ccccc4[n+]2C)Cc2nccn2-3)c(C)c1. The molecular weight excluding hydrogens is 306 g/mol. The van der Waals surface area contributed by atoms with E-state index in [1.165, 1.54) is 10.9 Å². The summed E-state index contributed by atoms with van der Waals surface area (Å²) >= 11 is 0. The molecule has 0 saturated carbocycles. The van der Waals surface area contributed by atoms with Crippen LogP contribution in [0, 0.1) is 13.8 Å². The number of hydrogen-bond donors (Lipinski definition) is 0. The standard InChI is InChI=1S/C22H20N3/c1-14-8-9-16(15(2)12-14)21-22-18(13-20-23-10-11-25(20)22)17-6-4-5-7-19(17)24(21)3/h4-12H,13H2,1-3H3/q+1/i1D3. The second-order valence-corrected chi connectivity index (χ2v) is 6.67. The molecule has 0 aliphatic carbocycles. The maximum Gasteiger partial charge on any atom is 0.237 e. The van der Waals surface area contributed by atoms with Crippen LogP contribution in [-0.2, 0) is 13.5 Å². The normalized spacial score (nSPS) is 14.7. The molecule has 25 heavy (non-hydrogen) atoms. The zero-order valence-electron chi connectivity index (χ0n) is 17.2. The maximum atomic E-state index is 7.71. The van der Waals surface area contributed by atoms with Crippen molar-refractivity contribution in [3.8, 4) is 16.9 Å². The molecule has 0 amide bonds. The zero-order chi connectivity index (χ0) is 19.6. The number of rotatable bonds is 1. The zero-order valence-corrected chi connectivity index (χ0v) is 14.2. The highest BCUT2D eigenvalue weighted by molar-refractivity contribution is 5.89. The van der Waals surface area contributed by atoms with E-state index in [2.05, 4.69) is 45.4 Å². The van der Waals surface area contributed by atoms with Gasteiger partial charge in [0.1, 0.15) is 18.6 Å². The Morgan fingerprint density at radius 1 is 1.20 bits per heavy atom. The van der Waals surface area contributed by atoms with Gasteiger partial charge in [0.15, 0.2) is 0 Å². The number of hydrogen-bond acceptors (Lipinski definition) is 1. The fourth-order valence-electron chi connectivity index (χ4n) is 4.07. The minimum absolute atomic E-state index is 0.372. The Hall–Kier alpha value is -2.94. The average molecular weight is 329 g/mol. The van der Waals surface area contributed by atoms with Gasteiger partial charge in [-0.1, -0.05) is 29.8 Å². The second-order valence-electron chi connectivity index (χ2n) is 6.67. The Morgan fingerprint density at radius 2 is 2.08 bits per heavy atom. The van der Waals surface area contributed by atoms with Gasteiger partial charge in [-0.15, -0.1) is 0 Å². The summed E-state index contributed by atoms with van der Waals surface area (Å²) < 4.78 is 27.5. The molecule has 3 nitrogen and oxygen atoms in total. The summed E-state index contributed by atoms with van der Waals surface area (Å²) in [6, 6.07) is 13.9. The summed E-state index contributed by atoms with van der Waals surface area (Å²) in [7, 11) is 2.07. The lowest BCUT2D eigenvalue weighted by Gasteiger charge is -2.13. The van der Waals surface area contributed by atoms with E-state index < -0.39 is 6.85 Å². The van der Waals surface area contributed by atoms with Crippen LogP contribution >= 0.6 is 0 Å². The van der Waals surface area contributed by atoms with Crippen molar-refractivity contribution in [3.63, 3.8) is 0 Å². The number of benzene rings is 2. The molecule has 1 aliphatic heterocycles. The lowest BCUT2D eigenvalue weighted by atomic mass is 9.96. The molecule has 2 aromatic carbocycles. The fourth-order valence-corrected chi connectivity index (χ4v) is 4.07. The van der Waals surface area contributed by atoms with Crippen molar-refractivity contribution in [1.82, 2.24) is 9.55 Å².